The fourth-order valence-corrected chi connectivity index (χ4v) is 3.67. The Bertz CT molecular complexity index is 1430. The molecule has 5 N–H and O–H groups in total. The van der Waals surface area contributed by atoms with Gasteiger partial charge in [-0.1, -0.05) is 30.3 Å². The molecule has 0 radical (unpaired) electrons. The van der Waals surface area contributed by atoms with Crippen LogP contribution in [0.25, 0.3) is 22.1 Å². The van der Waals surface area contributed by atoms with Crippen LogP contribution in [0.2, 0.25) is 0 Å². The molecule has 8 nitrogen and oxygen atoms in total. The quantitative estimate of drug-likeness (QED) is 0.274. The number of amides is 1. The second-order valence-corrected chi connectivity index (χ2v) is 7.70. The lowest BCUT2D eigenvalue weighted by atomic mass is 10.1. The standard InChI is InChI=1S/C24H20FN5O3/c25-15-6-2-1-5-13(15)11-20-27-18-10-9-14(12-19(18)28-20)26-24(33)22(32)21(31)23-29-16-7-3-4-8-17(16)30-23/h1-10,12,21-22,31-32H,11H2,(H,26,33)(H,27,28)(H,29,30). The third-order valence-electron chi connectivity index (χ3n) is 5.37. The lowest BCUT2D eigenvalue weighted by molar-refractivity contribution is -0.130. The second-order valence-electron chi connectivity index (χ2n) is 7.70. The minimum absolute atomic E-state index is 0.0978. The molecular formula is C24H20FN5O3. The first kappa shape index (κ1) is 20.8. The predicted octanol–water partition coefficient (Wildman–Crippen LogP) is 3.20. The van der Waals surface area contributed by atoms with Crippen LogP contribution in [0.1, 0.15) is 23.3 Å². The number of benzene rings is 3. The van der Waals surface area contributed by atoms with E-state index in [9.17, 15) is 19.4 Å². The molecule has 0 saturated carbocycles. The van der Waals surface area contributed by atoms with Crippen LogP contribution >= 0.6 is 0 Å². The largest absolute Gasteiger partial charge is 0.382 e. The van der Waals surface area contributed by atoms with Crippen molar-refractivity contribution in [3.05, 3.63) is 89.8 Å². The van der Waals surface area contributed by atoms with Crippen LogP contribution in [0, 0.1) is 5.82 Å². The van der Waals surface area contributed by atoms with Gasteiger partial charge in [0.25, 0.3) is 5.91 Å². The Morgan fingerprint density at radius 3 is 2.52 bits per heavy atom. The normalized spacial score (nSPS) is 13.3. The number of H-pyrrole nitrogens is 2. The maximum absolute atomic E-state index is 13.9. The number of carbonyl (C=O) groups excluding carboxylic acids is 1. The maximum atomic E-state index is 13.9. The van der Waals surface area contributed by atoms with Crippen molar-refractivity contribution >= 4 is 33.7 Å². The molecule has 2 atom stereocenters. The summed E-state index contributed by atoms with van der Waals surface area (Å²) in [6.07, 6.45) is -2.97. The molecule has 2 heterocycles. The van der Waals surface area contributed by atoms with Crippen LogP contribution in [0.5, 0.6) is 0 Å². The minimum atomic E-state index is -1.74. The average Bonchev–Trinajstić information content (AvgIpc) is 3.43. The molecule has 3 aromatic carbocycles. The summed E-state index contributed by atoms with van der Waals surface area (Å²) in [5.74, 6) is -0.407. The predicted molar refractivity (Wildman–Crippen MR) is 121 cm³/mol. The topological polar surface area (TPSA) is 127 Å². The molecule has 1 amide bonds. The Kier molecular flexibility index (Phi) is 5.33. The highest BCUT2D eigenvalue weighted by Crippen LogP contribution is 2.22. The number of carbonyl (C=O) groups is 1. The Morgan fingerprint density at radius 2 is 1.70 bits per heavy atom. The van der Waals surface area contributed by atoms with Gasteiger partial charge in [0.2, 0.25) is 0 Å². The van der Waals surface area contributed by atoms with E-state index in [1.807, 2.05) is 6.07 Å². The van der Waals surface area contributed by atoms with E-state index in [-0.39, 0.29) is 11.6 Å². The van der Waals surface area contributed by atoms with Crippen LogP contribution in [-0.4, -0.2) is 42.2 Å². The van der Waals surface area contributed by atoms with E-state index < -0.39 is 18.1 Å². The first-order valence-electron chi connectivity index (χ1n) is 10.3. The SMILES string of the molecule is O=C(Nc1ccc2nc(Cc3ccccc3F)[nH]c2c1)C(O)C(O)c1nc2ccccc2[nH]1. The number of aromatic nitrogens is 4. The third-order valence-corrected chi connectivity index (χ3v) is 5.37. The van der Waals surface area contributed by atoms with Gasteiger partial charge < -0.3 is 25.5 Å². The second kappa shape index (κ2) is 8.45. The van der Waals surface area contributed by atoms with E-state index in [1.165, 1.54) is 6.07 Å². The number of anilines is 1. The molecule has 0 aliphatic rings. The van der Waals surface area contributed by atoms with Gasteiger partial charge in [-0.25, -0.2) is 14.4 Å². The number of aliphatic hydroxyl groups is 2. The number of nitrogens with one attached hydrogen (secondary N) is 3. The van der Waals surface area contributed by atoms with E-state index in [0.29, 0.717) is 45.6 Å². The molecule has 2 aromatic heterocycles. The molecule has 5 aromatic rings. The molecular weight excluding hydrogens is 425 g/mol. The van der Waals surface area contributed by atoms with Gasteiger partial charge in [-0.3, -0.25) is 4.79 Å². The van der Waals surface area contributed by atoms with Gasteiger partial charge in [-0.05, 0) is 42.0 Å². The number of para-hydroxylation sites is 2. The van der Waals surface area contributed by atoms with Crippen molar-refractivity contribution in [2.45, 2.75) is 18.6 Å². The Morgan fingerprint density at radius 1 is 0.939 bits per heavy atom. The molecule has 0 spiro atoms. The van der Waals surface area contributed by atoms with Gasteiger partial charge in [0, 0.05) is 12.1 Å². The Balaban J connectivity index is 1.30. The van der Waals surface area contributed by atoms with Crippen molar-refractivity contribution in [1.29, 1.82) is 0 Å². The first-order valence-corrected chi connectivity index (χ1v) is 10.3. The minimum Gasteiger partial charge on any atom is -0.382 e. The van der Waals surface area contributed by atoms with Gasteiger partial charge in [0.15, 0.2) is 6.10 Å². The van der Waals surface area contributed by atoms with Crippen LogP contribution < -0.4 is 5.32 Å². The van der Waals surface area contributed by atoms with Gasteiger partial charge in [0.05, 0.1) is 22.1 Å². The number of aromatic amines is 2. The molecule has 0 fully saturated rings. The summed E-state index contributed by atoms with van der Waals surface area (Å²) < 4.78 is 13.9. The van der Waals surface area contributed by atoms with Gasteiger partial charge >= 0.3 is 0 Å². The maximum Gasteiger partial charge on any atom is 0.256 e. The van der Waals surface area contributed by atoms with E-state index in [0.717, 1.165) is 0 Å². The van der Waals surface area contributed by atoms with Crippen LogP contribution in [0.15, 0.2) is 66.7 Å². The highest BCUT2D eigenvalue weighted by Gasteiger charge is 2.28. The highest BCUT2D eigenvalue weighted by molar-refractivity contribution is 5.96. The van der Waals surface area contributed by atoms with Crippen molar-refractivity contribution in [2.75, 3.05) is 5.32 Å². The van der Waals surface area contributed by atoms with Crippen LogP contribution in [0.4, 0.5) is 10.1 Å². The van der Waals surface area contributed by atoms with Crippen molar-refractivity contribution in [3.8, 4) is 0 Å². The fourth-order valence-electron chi connectivity index (χ4n) is 3.67. The smallest absolute Gasteiger partial charge is 0.256 e. The summed E-state index contributed by atoms with van der Waals surface area (Å²) in [5, 5.41) is 23.4. The Hall–Kier alpha value is -4.08. The lowest BCUT2D eigenvalue weighted by Gasteiger charge is -2.15. The lowest BCUT2D eigenvalue weighted by Crippen LogP contribution is -2.33. The summed E-state index contributed by atoms with van der Waals surface area (Å²) in [4.78, 5) is 27.2. The van der Waals surface area contributed by atoms with Crippen LogP contribution in [0.3, 0.4) is 0 Å². The number of halogens is 1. The van der Waals surface area contributed by atoms with E-state index in [1.54, 1.807) is 54.6 Å². The number of imidazole rings is 2. The average molecular weight is 445 g/mol. The molecule has 0 aliphatic heterocycles. The monoisotopic (exact) mass is 445 g/mol. The summed E-state index contributed by atoms with van der Waals surface area (Å²) in [7, 11) is 0. The summed E-state index contributed by atoms with van der Waals surface area (Å²) in [6, 6.07) is 18.6. The summed E-state index contributed by atoms with van der Waals surface area (Å²) in [6.45, 7) is 0. The number of fused-ring (bicyclic) bond motifs is 2. The number of nitrogens with zero attached hydrogens (tertiary/aromatic N) is 2. The molecule has 33 heavy (non-hydrogen) atoms. The molecule has 166 valence electrons. The molecule has 0 aliphatic carbocycles. The third kappa shape index (κ3) is 4.19. The summed E-state index contributed by atoms with van der Waals surface area (Å²) in [5.41, 5.74) is 3.54. The van der Waals surface area contributed by atoms with E-state index in [4.69, 9.17) is 0 Å². The van der Waals surface area contributed by atoms with E-state index >= 15 is 0 Å². The zero-order valence-electron chi connectivity index (χ0n) is 17.3. The molecule has 2 unspecified atom stereocenters. The fraction of sp³-hybridized carbons (Fsp3) is 0.125. The number of rotatable bonds is 6. The number of hydrogen-bond acceptors (Lipinski definition) is 5. The molecule has 5 rings (SSSR count). The van der Waals surface area contributed by atoms with Crippen molar-refractivity contribution in [1.82, 2.24) is 19.9 Å². The molecule has 0 bridgehead atoms. The van der Waals surface area contributed by atoms with Gasteiger partial charge in [-0.2, -0.15) is 0 Å². The van der Waals surface area contributed by atoms with Crippen molar-refractivity contribution in [3.63, 3.8) is 0 Å². The van der Waals surface area contributed by atoms with E-state index in [2.05, 4.69) is 25.3 Å². The molecule has 0 saturated heterocycles. The number of aliphatic hydroxyl groups excluding tert-OH is 2. The molecule has 9 heteroatoms. The van der Waals surface area contributed by atoms with Crippen LogP contribution in [-0.2, 0) is 11.2 Å². The van der Waals surface area contributed by atoms with Crippen molar-refractivity contribution in [2.24, 2.45) is 0 Å². The summed E-state index contributed by atoms with van der Waals surface area (Å²) >= 11 is 0. The highest BCUT2D eigenvalue weighted by atomic mass is 19.1. The zero-order valence-corrected chi connectivity index (χ0v) is 17.3. The Labute approximate surface area is 187 Å². The first-order chi connectivity index (χ1) is 16.0. The van der Waals surface area contributed by atoms with Gasteiger partial charge in [-0.15, -0.1) is 0 Å². The van der Waals surface area contributed by atoms with Gasteiger partial charge in [0.1, 0.15) is 23.6 Å². The zero-order chi connectivity index (χ0) is 22.9. The van der Waals surface area contributed by atoms with Crippen molar-refractivity contribution < 1.29 is 19.4 Å². The number of hydrogen-bond donors (Lipinski definition) is 5.